The van der Waals surface area contributed by atoms with Crippen LogP contribution in [-0.4, -0.2) is 43.4 Å². The number of thiazole rings is 1. The molecular formula is C38H37FN2O8S. The molecule has 4 aromatic rings. The third-order valence-corrected chi connectivity index (χ3v) is 8.71. The van der Waals surface area contributed by atoms with Crippen LogP contribution in [0.1, 0.15) is 49.1 Å². The van der Waals surface area contributed by atoms with Gasteiger partial charge in [0.05, 0.1) is 42.2 Å². The van der Waals surface area contributed by atoms with Gasteiger partial charge in [0.2, 0.25) is 0 Å². The number of fused-ring (bicyclic) bond motifs is 1. The van der Waals surface area contributed by atoms with E-state index in [-0.39, 0.29) is 36.8 Å². The van der Waals surface area contributed by atoms with E-state index < -0.39 is 18.0 Å². The monoisotopic (exact) mass is 700 g/mol. The molecule has 0 unspecified atom stereocenters. The van der Waals surface area contributed by atoms with Gasteiger partial charge in [-0.15, -0.1) is 6.58 Å². The smallest absolute Gasteiger partial charge is 0.343 e. The number of halogens is 1. The minimum absolute atomic E-state index is 0.133. The first-order valence-corrected chi connectivity index (χ1v) is 16.8. The van der Waals surface area contributed by atoms with E-state index in [1.165, 1.54) is 35.1 Å². The van der Waals surface area contributed by atoms with Gasteiger partial charge in [-0.05, 0) is 91.9 Å². The molecule has 0 amide bonds. The van der Waals surface area contributed by atoms with Crippen LogP contribution in [0.4, 0.5) is 4.39 Å². The summed E-state index contributed by atoms with van der Waals surface area (Å²) in [5.41, 5.74) is 3.28. The van der Waals surface area contributed by atoms with Crippen LogP contribution < -0.4 is 29.1 Å². The van der Waals surface area contributed by atoms with Gasteiger partial charge < -0.3 is 23.7 Å². The highest BCUT2D eigenvalue weighted by atomic mass is 32.1. The first kappa shape index (κ1) is 35.8. The van der Waals surface area contributed by atoms with Gasteiger partial charge in [0.25, 0.3) is 5.56 Å². The summed E-state index contributed by atoms with van der Waals surface area (Å²) in [5, 5.41) is 0. The Balaban J connectivity index is 1.57. The number of aromatic nitrogens is 1. The maximum atomic E-state index is 14.2. The molecule has 5 rings (SSSR count). The number of nitrogens with zero attached hydrogens (tertiary/aromatic N) is 2. The number of ether oxygens (including phenoxy) is 5. The topological polar surface area (TPSA) is 115 Å². The second-order valence-electron chi connectivity index (χ2n) is 11.1. The van der Waals surface area contributed by atoms with Crippen LogP contribution in [0.2, 0.25) is 0 Å². The minimum atomic E-state index is -0.889. The van der Waals surface area contributed by atoms with Crippen molar-refractivity contribution in [3.63, 3.8) is 0 Å². The minimum Gasteiger partial charge on any atom is -0.490 e. The van der Waals surface area contributed by atoms with Crippen LogP contribution in [0.3, 0.4) is 0 Å². The maximum Gasteiger partial charge on any atom is 0.343 e. The van der Waals surface area contributed by atoms with Gasteiger partial charge in [-0.1, -0.05) is 41.7 Å². The standard InChI is InChI=1S/C38H37FN2O8S/c1-6-9-26-18-25(12-16-29(26)48-21-24-10-14-28(39)15-11-24)19-32-36(43)41-35(34(37(44)47-8-3)23(4)40-38(41)50-32)27-13-17-30(31(20-27)46-7-2)49-22-33(42)45-5/h6,10-20,35H,1,7-9,21-22H2,2-5H3/b32-19-/t35-/m1/s1. The molecule has 12 heteroatoms. The number of allylic oxidation sites excluding steroid dienone is 2. The first-order chi connectivity index (χ1) is 24.2. The number of carbonyl (C=O) groups excluding carboxylic acids is 2. The van der Waals surface area contributed by atoms with Gasteiger partial charge in [0.1, 0.15) is 18.2 Å². The predicted octanol–water partition coefficient (Wildman–Crippen LogP) is 5.20. The molecule has 1 aromatic heterocycles. The van der Waals surface area contributed by atoms with Gasteiger partial charge in [-0.2, -0.15) is 0 Å². The lowest BCUT2D eigenvalue weighted by Crippen LogP contribution is -2.40. The summed E-state index contributed by atoms with van der Waals surface area (Å²) in [6, 6.07) is 15.8. The summed E-state index contributed by atoms with van der Waals surface area (Å²) in [7, 11) is 1.27. The number of hydrogen-bond donors (Lipinski definition) is 0. The van der Waals surface area contributed by atoms with E-state index in [0.29, 0.717) is 50.9 Å². The molecule has 0 radical (unpaired) electrons. The zero-order chi connectivity index (χ0) is 35.8. The Morgan fingerprint density at radius 3 is 2.44 bits per heavy atom. The second-order valence-corrected chi connectivity index (χ2v) is 12.1. The summed E-state index contributed by atoms with van der Waals surface area (Å²) in [6.07, 6.45) is 4.06. The highest BCUT2D eigenvalue weighted by Crippen LogP contribution is 2.36. The van der Waals surface area contributed by atoms with E-state index in [0.717, 1.165) is 16.7 Å². The molecule has 2 heterocycles. The summed E-state index contributed by atoms with van der Waals surface area (Å²) in [5.74, 6) is -0.202. The zero-order valence-corrected chi connectivity index (χ0v) is 29.0. The first-order valence-electron chi connectivity index (χ1n) is 15.9. The SMILES string of the molecule is C=CCc1cc(/C=c2\sc3n(c2=O)[C@H](c2ccc(OCC(=O)OC)c(OCC)c2)C(C(=O)OCC)=C(C)N=3)ccc1OCc1ccc(F)cc1. The normalized spacial score (nSPS) is 14.0. The lowest BCUT2D eigenvalue weighted by atomic mass is 9.95. The van der Waals surface area contributed by atoms with Crippen molar-refractivity contribution >= 4 is 29.4 Å². The highest BCUT2D eigenvalue weighted by Gasteiger charge is 2.34. The molecule has 0 N–H and O–H groups in total. The third-order valence-electron chi connectivity index (χ3n) is 7.73. The summed E-state index contributed by atoms with van der Waals surface area (Å²) in [6.45, 7) is 9.45. The Morgan fingerprint density at radius 2 is 1.74 bits per heavy atom. The van der Waals surface area contributed by atoms with Gasteiger partial charge >= 0.3 is 11.9 Å². The number of rotatable bonds is 14. The predicted molar refractivity (Wildman–Crippen MR) is 187 cm³/mol. The van der Waals surface area contributed by atoms with Gasteiger partial charge in [-0.3, -0.25) is 9.36 Å². The number of carbonyl (C=O) groups is 2. The van der Waals surface area contributed by atoms with E-state index in [1.54, 1.807) is 63.3 Å². The molecule has 0 aliphatic carbocycles. The maximum absolute atomic E-state index is 14.2. The Kier molecular flexibility index (Phi) is 11.7. The molecule has 50 heavy (non-hydrogen) atoms. The average Bonchev–Trinajstić information content (AvgIpc) is 3.41. The van der Waals surface area contributed by atoms with Crippen molar-refractivity contribution in [1.82, 2.24) is 4.57 Å². The number of benzene rings is 3. The quantitative estimate of drug-likeness (QED) is 0.130. The number of esters is 2. The van der Waals surface area contributed by atoms with Crippen molar-refractivity contribution < 1.29 is 37.7 Å². The Bertz CT molecular complexity index is 2120. The fourth-order valence-corrected chi connectivity index (χ4v) is 6.47. The molecule has 1 aliphatic heterocycles. The summed E-state index contributed by atoms with van der Waals surface area (Å²) >= 11 is 1.20. The van der Waals surface area contributed by atoms with E-state index in [2.05, 4.69) is 16.3 Å². The molecular weight excluding hydrogens is 663 g/mol. The third kappa shape index (κ3) is 8.03. The molecule has 0 saturated carbocycles. The number of hydrogen-bond acceptors (Lipinski definition) is 10. The van der Waals surface area contributed by atoms with E-state index in [1.807, 2.05) is 18.2 Å². The van der Waals surface area contributed by atoms with Crippen molar-refractivity contribution in [1.29, 1.82) is 0 Å². The van der Waals surface area contributed by atoms with Crippen LogP contribution >= 0.6 is 11.3 Å². The lowest BCUT2D eigenvalue weighted by Gasteiger charge is -2.25. The molecule has 10 nitrogen and oxygen atoms in total. The van der Waals surface area contributed by atoms with Crippen molar-refractivity contribution in [2.45, 2.75) is 39.8 Å². The lowest BCUT2D eigenvalue weighted by molar-refractivity contribution is -0.143. The molecule has 1 atom stereocenters. The summed E-state index contributed by atoms with van der Waals surface area (Å²) < 4.78 is 42.9. The largest absolute Gasteiger partial charge is 0.490 e. The Morgan fingerprint density at radius 1 is 0.980 bits per heavy atom. The van der Waals surface area contributed by atoms with Gasteiger partial charge in [0.15, 0.2) is 22.9 Å². The highest BCUT2D eigenvalue weighted by molar-refractivity contribution is 7.07. The number of methoxy groups -OCH3 is 1. The van der Waals surface area contributed by atoms with Crippen molar-refractivity contribution in [2.24, 2.45) is 4.99 Å². The van der Waals surface area contributed by atoms with Crippen molar-refractivity contribution in [3.05, 3.63) is 132 Å². The van der Waals surface area contributed by atoms with Gasteiger partial charge in [0, 0.05) is 0 Å². The Hall–Kier alpha value is -5.49. The average molecular weight is 701 g/mol. The van der Waals surface area contributed by atoms with Gasteiger partial charge in [-0.25, -0.2) is 19.0 Å². The second kappa shape index (κ2) is 16.3. The fourth-order valence-electron chi connectivity index (χ4n) is 5.42. The van der Waals surface area contributed by atoms with Crippen LogP contribution in [0.15, 0.2) is 94.4 Å². The van der Waals surface area contributed by atoms with Crippen LogP contribution in [0.25, 0.3) is 6.08 Å². The van der Waals surface area contributed by atoms with Crippen molar-refractivity contribution in [2.75, 3.05) is 26.9 Å². The fraction of sp³-hybridized carbons (Fsp3) is 0.263. The molecule has 1 aliphatic rings. The van der Waals surface area contributed by atoms with E-state index in [9.17, 15) is 18.8 Å². The Labute approximate surface area is 292 Å². The van der Waals surface area contributed by atoms with E-state index in [4.69, 9.17) is 18.9 Å². The van der Waals surface area contributed by atoms with Crippen LogP contribution in [0.5, 0.6) is 17.2 Å². The van der Waals surface area contributed by atoms with Crippen LogP contribution in [-0.2, 0) is 32.1 Å². The molecule has 0 saturated heterocycles. The molecule has 0 spiro atoms. The molecule has 260 valence electrons. The molecule has 0 fully saturated rings. The summed E-state index contributed by atoms with van der Waals surface area (Å²) in [4.78, 5) is 44.4. The van der Waals surface area contributed by atoms with Crippen molar-refractivity contribution in [3.8, 4) is 17.2 Å². The van der Waals surface area contributed by atoms with E-state index >= 15 is 0 Å². The molecule has 3 aromatic carbocycles. The molecule has 0 bridgehead atoms. The van der Waals surface area contributed by atoms with Crippen LogP contribution in [0, 0.1) is 5.82 Å². The zero-order valence-electron chi connectivity index (χ0n) is 28.2.